The predicted molar refractivity (Wildman–Crippen MR) is 131 cm³/mol. The number of nitrogens with one attached hydrogen (secondary N) is 2. The molecule has 7 nitrogen and oxygen atoms in total. The lowest BCUT2D eigenvalue weighted by Gasteiger charge is -2.41. The number of rotatable bonds is 7. The van der Waals surface area contributed by atoms with E-state index in [-0.39, 0.29) is 24.3 Å². The summed E-state index contributed by atoms with van der Waals surface area (Å²) >= 11 is 0. The highest BCUT2D eigenvalue weighted by Crippen LogP contribution is 2.44. The predicted octanol–water partition coefficient (Wildman–Crippen LogP) is 4.45. The molecule has 2 saturated carbocycles. The van der Waals surface area contributed by atoms with Crippen molar-refractivity contribution in [3.8, 4) is 11.1 Å². The monoisotopic (exact) mass is 476 g/mol. The van der Waals surface area contributed by atoms with Gasteiger partial charge in [0.1, 0.15) is 12.6 Å². The summed E-state index contributed by atoms with van der Waals surface area (Å²) in [5, 5.41) is 15.2. The van der Waals surface area contributed by atoms with Crippen LogP contribution < -0.4 is 10.6 Å². The molecule has 5 rings (SSSR count). The average molecular weight is 477 g/mol. The maximum Gasteiger partial charge on any atom is 0.407 e. The highest BCUT2D eigenvalue weighted by molar-refractivity contribution is 5.87. The first-order chi connectivity index (χ1) is 16.9. The molecule has 3 aliphatic rings. The molecule has 7 heteroatoms. The fourth-order valence-electron chi connectivity index (χ4n) is 5.84. The molecule has 0 aliphatic heterocycles. The zero-order chi connectivity index (χ0) is 24.6. The smallest absolute Gasteiger partial charge is 0.407 e. The minimum Gasteiger partial charge on any atom is -0.480 e. The van der Waals surface area contributed by atoms with E-state index in [1.807, 2.05) is 31.2 Å². The lowest BCUT2D eigenvalue weighted by atomic mass is 9.73. The molecule has 3 N–H and O–H groups in total. The van der Waals surface area contributed by atoms with Crippen LogP contribution in [0.3, 0.4) is 0 Å². The number of aliphatic carboxylic acids is 1. The molecule has 2 amide bonds. The van der Waals surface area contributed by atoms with Crippen molar-refractivity contribution in [2.24, 2.45) is 11.8 Å². The topological polar surface area (TPSA) is 105 Å². The first-order valence-electron chi connectivity index (χ1n) is 12.5. The summed E-state index contributed by atoms with van der Waals surface area (Å²) < 4.78 is 5.73. The number of fused-ring (bicyclic) bond motifs is 3. The average Bonchev–Trinajstić information content (AvgIpc) is 3.63. The molecule has 0 heterocycles. The fraction of sp³-hybridized carbons (Fsp3) is 0.464. The first kappa shape index (κ1) is 23.4. The Balaban J connectivity index is 1.25. The van der Waals surface area contributed by atoms with Crippen LogP contribution in [0.5, 0.6) is 0 Å². The number of amides is 2. The van der Waals surface area contributed by atoms with Crippen LogP contribution in [0.4, 0.5) is 4.79 Å². The van der Waals surface area contributed by atoms with E-state index in [2.05, 4.69) is 34.9 Å². The maximum absolute atomic E-state index is 13.1. The molecule has 0 saturated heterocycles. The number of carboxylic acid groups (broad SMARTS) is 1. The molecule has 3 atom stereocenters. The molecule has 3 aliphatic carbocycles. The van der Waals surface area contributed by atoms with Crippen LogP contribution in [-0.2, 0) is 14.3 Å². The SMILES string of the molecule is CC1(NC(=O)OCC2c3ccccc3-c3ccccc32)CCCCC1C(=O)NC(C(=O)O)C1CC1. The molecule has 35 heavy (non-hydrogen) atoms. The third kappa shape index (κ3) is 4.64. The molecule has 3 unspecified atom stereocenters. The molecular formula is C28H32N2O5. The summed E-state index contributed by atoms with van der Waals surface area (Å²) in [7, 11) is 0. The molecule has 2 aromatic rings. The Morgan fingerprint density at radius 2 is 1.63 bits per heavy atom. The molecule has 0 radical (unpaired) electrons. The maximum atomic E-state index is 13.1. The summed E-state index contributed by atoms with van der Waals surface area (Å²) in [6, 6.07) is 15.5. The lowest BCUT2D eigenvalue weighted by molar-refractivity contribution is -0.144. The van der Waals surface area contributed by atoms with Gasteiger partial charge in [-0.15, -0.1) is 0 Å². The second kappa shape index (κ2) is 9.36. The van der Waals surface area contributed by atoms with Gasteiger partial charge in [0, 0.05) is 5.92 Å². The van der Waals surface area contributed by atoms with Crippen LogP contribution in [0, 0.1) is 11.8 Å². The van der Waals surface area contributed by atoms with Crippen molar-refractivity contribution in [1.29, 1.82) is 0 Å². The van der Waals surface area contributed by atoms with Crippen molar-refractivity contribution in [3.05, 3.63) is 59.7 Å². The Kier molecular flexibility index (Phi) is 6.26. The normalized spacial score (nSPS) is 24.1. The van der Waals surface area contributed by atoms with E-state index in [4.69, 9.17) is 4.74 Å². The Bertz CT molecular complexity index is 1100. The quantitative estimate of drug-likeness (QED) is 0.548. The highest BCUT2D eigenvalue weighted by atomic mass is 16.5. The first-order valence-corrected chi connectivity index (χ1v) is 12.5. The Morgan fingerprint density at radius 1 is 1.00 bits per heavy atom. The highest BCUT2D eigenvalue weighted by Gasteiger charge is 2.45. The molecule has 0 aromatic heterocycles. The molecule has 2 aromatic carbocycles. The van der Waals surface area contributed by atoms with Gasteiger partial charge in [-0.2, -0.15) is 0 Å². The van der Waals surface area contributed by atoms with Crippen LogP contribution in [0.1, 0.15) is 62.5 Å². The van der Waals surface area contributed by atoms with Crippen molar-refractivity contribution < 1.29 is 24.2 Å². The van der Waals surface area contributed by atoms with Crippen LogP contribution in [0.15, 0.2) is 48.5 Å². The van der Waals surface area contributed by atoms with Crippen LogP contribution >= 0.6 is 0 Å². The zero-order valence-corrected chi connectivity index (χ0v) is 20.0. The van der Waals surface area contributed by atoms with Gasteiger partial charge in [-0.1, -0.05) is 61.4 Å². The van der Waals surface area contributed by atoms with Crippen molar-refractivity contribution in [2.45, 2.75) is 62.9 Å². The van der Waals surface area contributed by atoms with Gasteiger partial charge >= 0.3 is 12.1 Å². The number of ether oxygens (including phenoxy) is 1. The third-order valence-corrected chi connectivity index (χ3v) is 7.91. The van der Waals surface area contributed by atoms with Gasteiger partial charge < -0.3 is 20.5 Å². The lowest BCUT2D eigenvalue weighted by Crippen LogP contribution is -2.59. The summed E-state index contributed by atoms with van der Waals surface area (Å²) in [6.07, 6.45) is 4.07. The molecule has 184 valence electrons. The number of hydrogen-bond donors (Lipinski definition) is 3. The standard InChI is InChI=1S/C28H32N2O5/c1-28(15-7-6-12-23(28)25(31)29-24(26(32)33)17-13-14-17)30-27(34)35-16-22-20-10-4-2-8-18(20)19-9-3-5-11-21(19)22/h2-5,8-11,17,22-24H,6-7,12-16H2,1H3,(H,29,31)(H,30,34)(H,32,33). The molecular weight excluding hydrogens is 444 g/mol. The van der Waals surface area contributed by atoms with Crippen LogP contribution in [0.2, 0.25) is 0 Å². The molecule has 2 fully saturated rings. The van der Waals surface area contributed by atoms with E-state index < -0.39 is 29.6 Å². The Morgan fingerprint density at radius 3 is 2.23 bits per heavy atom. The van der Waals surface area contributed by atoms with E-state index in [1.165, 1.54) is 0 Å². The van der Waals surface area contributed by atoms with Crippen LogP contribution in [-0.4, -0.2) is 41.3 Å². The fourth-order valence-corrected chi connectivity index (χ4v) is 5.84. The minimum absolute atomic E-state index is 0.00129. The number of carbonyl (C=O) groups excluding carboxylic acids is 2. The summed E-state index contributed by atoms with van der Waals surface area (Å²) in [5.74, 6) is -1.84. The van der Waals surface area contributed by atoms with Gasteiger partial charge in [0.25, 0.3) is 0 Å². The molecule has 0 spiro atoms. The summed E-state index contributed by atoms with van der Waals surface area (Å²) in [5.41, 5.74) is 3.82. The van der Waals surface area contributed by atoms with Crippen molar-refractivity contribution in [2.75, 3.05) is 6.61 Å². The minimum atomic E-state index is -0.997. The number of carbonyl (C=O) groups is 3. The van der Waals surface area contributed by atoms with Gasteiger partial charge in [-0.05, 0) is 60.8 Å². The second-order valence-corrected chi connectivity index (χ2v) is 10.3. The number of hydrogen-bond acceptors (Lipinski definition) is 4. The van der Waals surface area contributed by atoms with Crippen molar-refractivity contribution in [1.82, 2.24) is 10.6 Å². The van der Waals surface area contributed by atoms with E-state index in [0.29, 0.717) is 12.8 Å². The van der Waals surface area contributed by atoms with Gasteiger partial charge in [0.05, 0.1) is 11.5 Å². The van der Waals surface area contributed by atoms with Crippen molar-refractivity contribution in [3.63, 3.8) is 0 Å². The van der Waals surface area contributed by atoms with E-state index in [0.717, 1.165) is 47.9 Å². The second-order valence-electron chi connectivity index (χ2n) is 10.3. The third-order valence-electron chi connectivity index (χ3n) is 7.91. The summed E-state index contributed by atoms with van der Waals surface area (Å²) in [6.45, 7) is 2.07. The van der Waals surface area contributed by atoms with Gasteiger partial charge in [-0.25, -0.2) is 9.59 Å². The Hall–Kier alpha value is -3.35. The van der Waals surface area contributed by atoms with Gasteiger partial charge in [0.2, 0.25) is 5.91 Å². The zero-order valence-electron chi connectivity index (χ0n) is 20.0. The van der Waals surface area contributed by atoms with Crippen LogP contribution in [0.25, 0.3) is 11.1 Å². The van der Waals surface area contributed by atoms with E-state index in [9.17, 15) is 19.5 Å². The number of benzene rings is 2. The van der Waals surface area contributed by atoms with E-state index >= 15 is 0 Å². The van der Waals surface area contributed by atoms with Gasteiger partial charge in [0.15, 0.2) is 0 Å². The number of alkyl carbamates (subject to hydrolysis) is 1. The summed E-state index contributed by atoms with van der Waals surface area (Å²) in [4.78, 5) is 37.7. The molecule has 0 bridgehead atoms. The Labute approximate surface area is 205 Å². The number of carboxylic acids is 1. The van der Waals surface area contributed by atoms with E-state index in [1.54, 1.807) is 0 Å². The van der Waals surface area contributed by atoms with Crippen molar-refractivity contribution >= 4 is 18.0 Å². The van der Waals surface area contributed by atoms with Gasteiger partial charge in [-0.3, -0.25) is 4.79 Å². The largest absolute Gasteiger partial charge is 0.480 e.